The average Bonchev–Trinajstić information content (AvgIpc) is 2.60. The molecule has 0 N–H and O–H groups in total. The van der Waals surface area contributed by atoms with Gasteiger partial charge in [0.05, 0.1) is 9.30 Å². The lowest BCUT2D eigenvalue weighted by Gasteiger charge is -2.58. The molecule has 2 bridgehead atoms. The standard InChI is InChI=1S/C19H27NO.ClH/c1-3-21-15-8-7-14-12-18-16-6-4-5-9-19(16,17(14)13-15)10-11-20(18)2;/h7-8,13,16,18H,3-6,9-12H2,1-2H3;1H/t16-,18-,19-;/m1./s1/i1D3,2D3,3D2;. The highest BCUT2D eigenvalue weighted by Gasteiger charge is 2.53. The number of hydrogen-bond donors (Lipinski definition) is 0. The Bertz CT molecular complexity index is 796. The van der Waals surface area contributed by atoms with Crippen molar-refractivity contribution in [3.63, 3.8) is 0 Å². The Labute approximate surface area is 151 Å². The number of likely N-dealkylation sites (tertiary alicyclic amines) is 1. The van der Waals surface area contributed by atoms with Crippen LogP contribution in [0.4, 0.5) is 0 Å². The zero-order chi connectivity index (χ0) is 21.2. The second-order valence-electron chi connectivity index (χ2n) is 6.75. The maximum atomic E-state index is 7.97. The molecular formula is C19H28ClNO. The summed E-state index contributed by atoms with van der Waals surface area (Å²) in [5.41, 5.74) is 2.04. The van der Waals surface area contributed by atoms with Crippen molar-refractivity contribution in [2.24, 2.45) is 5.92 Å². The smallest absolute Gasteiger partial charge is 0.119 e. The average molecular weight is 330 g/mol. The van der Waals surface area contributed by atoms with Gasteiger partial charge in [0.1, 0.15) is 5.75 Å². The molecule has 0 radical (unpaired) electrons. The van der Waals surface area contributed by atoms with Gasteiger partial charge in [-0.05, 0) is 75.2 Å². The molecule has 0 spiro atoms. The lowest BCUT2D eigenvalue weighted by molar-refractivity contribution is 0.00271. The van der Waals surface area contributed by atoms with E-state index in [2.05, 4.69) is 0 Å². The monoisotopic (exact) mass is 329 g/mol. The lowest BCUT2D eigenvalue weighted by Crippen LogP contribution is -2.59. The van der Waals surface area contributed by atoms with E-state index in [0.29, 0.717) is 13.0 Å². The van der Waals surface area contributed by atoms with E-state index in [1.807, 2.05) is 12.1 Å². The Hall–Kier alpha value is -0.730. The number of hydrogen-bond acceptors (Lipinski definition) is 2. The number of piperidine rings is 1. The molecule has 2 nitrogen and oxygen atoms in total. The van der Waals surface area contributed by atoms with Gasteiger partial charge in [-0.25, -0.2) is 0 Å². The molecule has 0 amide bonds. The van der Waals surface area contributed by atoms with Gasteiger partial charge in [-0.1, -0.05) is 18.9 Å². The normalized spacial score (nSPS) is 40.5. The number of nitrogens with zero attached hydrogens (tertiary/aromatic N) is 1. The molecule has 1 saturated carbocycles. The van der Waals surface area contributed by atoms with Crippen LogP contribution in [0.15, 0.2) is 18.2 Å². The Morgan fingerprint density at radius 2 is 2.36 bits per heavy atom. The van der Waals surface area contributed by atoms with Crippen molar-refractivity contribution >= 4 is 12.4 Å². The van der Waals surface area contributed by atoms with Crippen LogP contribution in [0.5, 0.6) is 5.75 Å². The zero-order valence-electron chi connectivity index (χ0n) is 20.6. The van der Waals surface area contributed by atoms with E-state index in [0.717, 1.165) is 43.2 Å². The SMILES string of the molecule is Cl.[2H]C([2H])([2H])N1CC[C@]23CCCC[C@@H]2[C@H]1Cc1ccc(OC([2H])([2H])C([2H])([2H])[2H])cc13. The van der Waals surface area contributed by atoms with Crippen molar-refractivity contribution in [1.82, 2.24) is 4.90 Å². The molecular weight excluding hydrogens is 294 g/mol. The number of ether oxygens (including phenoxy) is 1. The Morgan fingerprint density at radius 3 is 3.23 bits per heavy atom. The summed E-state index contributed by atoms with van der Waals surface area (Å²) in [6.45, 7) is -7.25. The van der Waals surface area contributed by atoms with Gasteiger partial charge in [0, 0.05) is 19.7 Å². The molecule has 1 aromatic rings. The molecule has 3 atom stereocenters. The van der Waals surface area contributed by atoms with E-state index < -0.39 is 20.4 Å². The molecule has 1 heterocycles. The number of likely N-dealkylation sites (N-methyl/N-ethyl adjacent to an activating group) is 1. The molecule has 0 unspecified atom stereocenters. The third kappa shape index (κ3) is 2.27. The summed E-state index contributed by atoms with van der Waals surface area (Å²) in [6, 6.07) is 5.27. The Morgan fingerprint density at radius 1 is 1.41 bits per heavy atom. The van der Waals surface area contributed by atoms with E-state index in [1.54, 1.807) is 11.0 Å². The van der Waals surface area contributed by atoms with Crippen LogP contribution in [0.3, 0.4) is 0 Å². The van der Waals surface area contributed by atoms with Crippen molar-refractivity contribution in [2.45, 2.75) is 56.8 Å². The minimum atomic E-state index is -2.88. The fourth-order valence-electron chi connectivity index (χ4n) is 5.11. The largest absolute Gasteiger partial charge is 0.494 e. The van der Waals surface area contributed by atoms with Gasteiger partial charge in [0.15, 0.2) is 0 Å². The first-order valence-corrected chi connectivity index (χ1v) is 7.94. The maximum absolute atomic E-state index is 7.97. The minimum absolute atomic E-state index is 0. The number of benzene rings is 1. The van der Waals surface area contributed by atoms with E-state index >= 15 is 0 Å². The van der Waals surface area contributed by atoms with Crippen LogP contribution in [-0.2, 0) is 11.8 Å². The Kier molecular flexibility index (Phi) is 2.46. The summed E-state index contributed by atoms with van der Waals surface area (Å²) in [7, 11) is 0. The molecule has 1 aromatic carbocycles. The fourth-order valence-corrected chi connectivity index (χ4v) is 5.11. The maximum Gasteiger partial charge on any atom is 0.119 e. The summed E-state index contributed by atoms with van der Waals surface area (Å²) in [4.78, 5) is 1.70. The first-order valence-electron chi connectivity index (χ1n) is 11.9. The first-order chi connectivity index (χ1) is 13.4. The van der Waals surface area contributed by atoms with Gasteiger partial charge in [-0.3, -0.25) is 0 Å². The van der Waals surface area contributed by atoms with Crippen LogP contribution in [0.25, 0.3) is 0 Å². The quantitative estimate of drug-likeness (QED) is 0.806. The van der Waals surface area contributed by atoms with E-state index in [9.17, 15) is 0 Å². The highest BCUT2D eigenvalue weighted by molar-refractivity contribution is 5.85. The summed E-state index contributed by atoms with van der Waals surface area (Å²) in [5, 5.41) is 0. The lowest BCUT2D eigenvalue weighted by atomic mass is 9.52. The van der Waals surface area contributed by atoms with Crippen LogP contribution >= 0.6 is 12.4 Å². The van der Waals surface area contributed by atoms with Crippen molar-refractivity contribution in [3.05, 3.63) is 29.3 Å². The van der Waals surface area contributed by atoms with Gasteiger partial charge in [-0.15, -0.1) is 12.4 Å². The van der Waals surface area contributed by atoms with Crippen molar-refractivity contribution in [1.29, 1.82) is 0 Å². The van der Waals surface area contributed by atoms with Crippen LogP contribution in [0.2, 0.25) is 0 Å². The minimum Gasteiger partial charge on any atom is -0.494 e. The summed E-state index contributed by atoms with van der Waals surface area (Å²) in [6.07, 6.45) is 5.52. The molecule has 122 valence electrons. The van der Waals surface area contributed by atoms with E-state index in [1.165, 1.54) is 0 Å². The molecule has 3 aliphatic rings. The molecule has 1 aliphatic heterocycles. The van der Waals surface area contributed by atoms with E-state index in [-0.39, 0.29) is 35.5 Å². The highest BCUT2D eigenvalue weighted by Crippen LogP contribution is 2.55. The zero-order valence-corrected chi connectivity index (χ0v) is 13.4. The predicted molar refractivity (Wildman–Crippen MR) is 93.2 cm³/mol. The summed E-state index contributed by atoms with van der Waals surface area (Å²) < 4.78 is 66.9. The van der Waals surface area contributed by atoms with Gasteiger partial charge in [0.2, 0.25) is 0 Å². The molecule has 3 heteroatoms. The van der Waals surface area contributed by atoms with Crippen LogP contribution in [0.1, 0.15) is 61.0 Å². The number of halogens is 1. The van der Waals surface area contributed by atoms with Crippen molar-refractivity contribution in [2.75, 3.05) is 20.1 Å². The molecule has 22 heavy (non-hydrogen) atoms. The van der Waals surface area contributed by atoms with Crippen LogP contribution in [0, 0.1) is 5.92 Å². The van der Waals surface area contributed by atoms with Crippen molar-refractivity contribution in [3.8, 4) is 5.75 Å². The second kappa shape index (κ2) is 6.05. The predicted octanol–water partition coefficient (Wildman–Crippen LogP) is 4.20. The van der Waals surface area contributed by atoms with Crippen LogP contribution in [-0.4, -0.2) is 31.0 Å². The molecule has 1 saturated heterocycles. The highest BCUT2D eigenvalue weighted by atomic mass is 35.5. The fraction of sp³-hybridized carbons (Fsp3) is 0.684. The Balaban J connectivity index is 0.00000256. The molecule has 2 fully saturated rings. The first kappa shape index (κ1) is 8.94. The van der Waals surface area contributed by atoms with Gasteiger partial charge < -0.3 is 9.64 Å². The summed E-state index contributed by atoms with van der Waals surface area (Å²) in [5.74, 6) is 0.466. The number of fused-ring (bicyclic) bond motifs is 1. The van der Waals surface area contributed by atoms with Gasteiger partial charge >= 0.3 is 0 Å². The number of rotatable bonds is 2. The second-order valence-corrected chi connectivity index (χ2v) is 6.75. The topological polar surface area (TPSA) is 12.5 Å². The van der Waals surface area contributed by atoms with Crippen molar-refractivity contribution < 1.29 is 15.7 Å². The van der Waals surface area contributed by atoms with E-state index in [4.69, 9.17) is 15.7 Å². The van der Waals surface area contributed by atoms with Gasteiger partial charge in [0.25, 0.3) is 0 Å². The summed E-state index contributed by atoms with van der Waals surface area (Å²) >= 11 is 0. The third-order valence-electron chi connectivity index (χ3n) is 5.98. The molecule has 4 rings (SSSR count). The molecule has 2 aliphatic carbocycles. The van der Waals surface area contributed by atoms with Gasteiger partial charge in [-0.2, -0.15) is 0 Å². The van der Waals surface area contributed by atoms with Crippen LogP contribution < -0.4 is 4.74 Å². The third-order valence-corrected chi connectivity index (χ3v) is 5.98. The molecule has 0 aromatic heterocycles.